The second kappa shape index (κ2) is 7.48. The van der Waals surface area contributed by atoms with E-state index in [-0.39, 0.29) is 23.2 Å². The first-order valence-corrected chi connectivity index (χ1v) is 10.1. The van der Waals surface area contributed by atoms with Crippen molar-refractivity contribution in [3.05, 3.63) is 42.0 Å². The standard InChI is InChI=1S/C19H22N2O5S/c1-4-9-21-15-11-14(6-8-16(15)26-12-19(21)22)20-27(23,24)18-10-13(2)5-7-17(18)25-3/h5-8,10-11,20H,4,9,12H2,1-3H3. The number of nitrogens with one attached hydrogen (secondary N) is 1. The van der Waals surface area contributed by atoms with E-state index in [1.54, 1.807) is 41.3 Å². The number of carbonyl (C=O) groups excluding carboxylic acids is 1. The predicted molar refractivity (Wildman–Crippen MR) is 103 cm³/mol. The highest BCUT2D eigenvalue weighted by molar-refractivity contribution is 7.92. The molecule has 2 aromatic rings. The molecule has 8 heteroatoms. The van der Waals surface area contributed by atoms with Crippen LogP contribution >= 0.6 is 0 Å². The Kier molecular flexibility index (Phi) is 5.27. The van der Waals surface area contributed by atoms with E-state index in [4.69, 9.17) is 9.47 Å². The van der Waals surface area contributed by atoms with Crippen molar-refractivity contribution in [1.29, 1.82) is 0 Å². The minimum absolute atomic E-state index is 0.0153. The summed E-state index contributed by atoms with van der Waals surface area (Å²) >= 11 is 0. The number of fused-ring (bicyclic) bond motifs is 1. The Hall–Kier alpha value is -2.74. The Morgan fingerprint density at radius 1 is 1.22 bits per heavy atom. The quantitative estimate of drug-likeness (QED) is 0.820. The molecule has 27 heavy (non-hydrogen) atoms. The van der Waals surface area contributed by atoms with Crippen LogP contribution in [0, 0.1) is 6.92 Å². The van der Waals surface area contributed by atoms with Gasteiger partial charge in [-0.05, 0) is 49.2 Å². The van der Waals surface area contributed by atoms with Crippen molar-refractivity contribution in [2.75, 3.05) is 29.9 Å². The lowest BCUT2D eigenvalue weighted by Gasteiger charge is -2.29. The van der Waals surface area contributed by atoms with Gasteiger partial charge < -0.3 is 14.4 Å². The van der Waals surface area contributed by atoms with Gasteiger partial charge in [0.1, 0.15) is 16.4 Å². The fourth-order valence-electron chi connectivity index (χ4n) is 2.94. The maximum Gasteiger partial charge on any atom is 0.265 e. The van der Waals surface area contributed by atoms with Crippen LogP contribution in [0.5, 0.6) is 11.5 Å². The van der Waals surface area contributed by atoms with Gasteiger partial charge in [-0.3, -0.25) is 9.52 Å². The van der Waals surface area contributed by atoms with Gasteiger partial charge in [0.15, 0.2) is 6.61 Å². The lowest BCUT2D eigenvalue weighted by Crippen LogP contribution is -2.39. The van der Waals surface area contributed by atoms with Gasteiger partial charge in [-0.25, -0.2) is 8.42 Å². The van der Waals surface area contributed by atoms with Gasteiger partial charge in [0.2, 0.25) is 0 Å². The number of benzene rings is 2. The molecule has 144 valence electrons. The van der Waals surface area contributed by atoms with Crippen molar-refractivity contribution >= 4 is 27.3 Å². The van der Waals surface area contributed by atoms with Gasteiger partial charge in [0.25, 0.3) is 15.9 Å². The van der Waals surface area contributed by atoms with Gasteiger partial charge >= 0.3 is 0 Å². The van der Waals surface area contributed by atoms with Crippen molar-refractivity contribution in [3.63, 3.8) is 0 Å². The molecule has 0 aromatic heterocycles. The Morgan fingerprint density at radius 3 is 2.70 bits per heavy atom. The van der Waals surface area contributed by atoms with E-state index in [1.165, 1.54) is 7.11 Å². The summed E-state index contributed by atoms with van der Waals surface area (Å²) in [5, 5.41) is 0. The number of carbonyl (C=O) groups is 1. The highest BCUT2D eigenvalue weighted by atomic mass is 32.2. The molecule has 0 aliphatic carbocycles. The minimum atomic E-state index is -3.87. The number of ether oxygens (including phenoxy) is 2. The van der Waals surface area contributed by atoms with Gasteiger partial charge in [0, 0.05) is 6.54 Å². The molecule has 1 aliphatic heterocycles. The summed E-state index contributed by atoms with van der Waals surface area (Å²) in [6.07, 6.45) is 0.779. The molecule has 0 spiro atoms. The van der Waals surface area contributed by atoms with Crippen molar-refractivity contribution in [2.45, 2.75) is 25.2 Å². The van der Waals surface area contributed by atoms with Gasteiger partial charge in [0.05, 0.1) is 18.5 Å². The topological polar surface area (TPSA) is 84.9 Å². The van der Waals surface area contributed by atoms with Crippen molar-refractivity contribution in [1.82, 2.24) is 0 Å². The fourth-order valence-corrected chi connectivity index (χ4v) is 4.24. The van der Waals surface area contributed by atoms with Crippen LogP contribution in [0.15, 0.2) is 41.3 Å². The predicted octanol–water partition coefficient (Wildman–Crippen LogP) is 2.94. The summed E-state index contributed by atoms with van der Waals surface area (Å²) < 4.78 is 38.9. The first kappa shape index (κ1) is 19.0. The molecule has 1 aliphatic rings. The van der Waals surface area contributed by atoms with Crippen LogP contribution < -0.4 is 19.1 Å². The zero-order chi connectivity index (χ0) is 19.6. The zero-order valence-corrected chi connectivity index (χ0v) is 16.3. The van der Waals surface area contributed by atoms with Crippen molar-refractivity contribution in [2.24, 2.45) is 0 Å². The van der Waals surface area contributed by atoms with E-state index in [9.17, 15) is 13.2 Å². The maximum atomic E-state index is 12.9. The van der Waals surface area contributed by atoms with Crippen LogP contribution in [0.2, 0.25) is 0 Å². The summed E-state index contributed by atoms with van der Waals surface area (Å²) in [7, 11) is -2.44. The van der Waals surface area contributed by atoms with Gasteiger partial charge in [-0.2, -0.15) is 0 Å². The number of sulfonamides is 1. The normalized spacial score (nSPS) is 13.7. The third-order valence-electron chi connectivity index (χ3n) is 4.21. The van der Waals surface area contributed by atoms with Gasteiger partial charge in [-0.15, -0.1) is 0 Å². The molecule has 0 radical (unpaired) electrons. The minimum Gasteiger partial charge on any atom is -0.495 e. The lowest BCUT2D eigenvalue weighted by atomic mass is 10.2. The molecule has 1 heterocycles. The molecule has 0 unspecified atom stereocenters. The Bertz CT molecular complexity index is 972. The largest absolute Gasteiger partial charge is 0.495 e. The molecule has 0 saturated heterocycles. The molecule has 0 saturated carbocycles. The molecule has 0 atom stereocenters. The highest BCUT2D eigenvalue weighted by Crippen LogP contribution is 2.36. The number of amides is 1. The third-order valence-corrected chi connectivity index (χ3v) is 5.61. The summed E-state index contributed by atoms with van der Waals surface area (Å²) in [6.45, 7) is 4.30. The van der Waals surface area contributed by atoms with Crippen LogP contribution in [0.25, 0.3) is 0 Å². The first-order valence-electron chi connectivity index (χ1n) is 8.60. The van der Waals surface area contributed by atoms with E-state index >= 15 is 0 Å². The monoisotopic (exact) mass is 390 g/mol. The summed E-state index contributed by atoms with van der Waals surface area (Å²) in [4.78, 5) is 13.8. The second-order valence-electron chi connectivity index (χ2n) is 6.28. The number of nitrogens with zero attached hydrogens (tertiary/aromatic N) is 1. The van der Waals surface area contributed by atoms with E-state index in [2.05, 4.69) is 4.72 Å². The van der Waals surface area contributed by atoms with Gasteiger partial charge in [-0.1, -0.05) is 13.0 Å². The fraction of sp³-hybridized carbons (Fsp3) is 0.316. The van der Waals surface area contributed by atoms with Crippen LogP contribution in [0.3, 0.4) is 0 Å². The SMILES string of the molecule is CCCN1C(=O)COc2ccc(NS(=O)(=O)c3cc(C)ccc3OC)cc21. The summed E-state index contributed by atoms with van der Waals surface area (Å²) in [5.74, 6) is 0.668. The van der Waals surface area contributed by atoms with Crippen LogP contribution in [-0.2, 0) is 14.8 Å². The van der Waals surface area contributed by atoms with E-state index in [0.29, 0.717) is 23.7 Å². The summed E-state index contributed by atoms with van der Waals surface area (Å²) in [5.41, 5.74) is 1.70. The van der Waals surface area contributed by atoms with Crippen LogP contribution in [0.4, 0.5) is 11.4 Å². The third kappa shape index (κ3) is 3.85. The Balaban J connectivity index is 1.97. The number of hydrogen-bond acceptors (Lipinski definition) is 5. The first-order chi connectivity index (χ1) is 12.9. The van der Waals surface area contributed by atoms with Crippen LogP contribution in [-0.4, -0.2) is 34.6 Å². The van der Waals surface area contributed by atoms with Crippen LogP contribution in [0.1, 0.15) is 18.9 Å². The summed E-state index contributed by atoms with van der Waals surface area (Å²) in [6, 6.07) is 9.83. The van der Waals surface area contributed by atoms with E-state index in [0.717, 1.165) is 12.0 Å². The lowest BCUT2D eigenvalue weighted by molar-refractivity contribution is -0.121. The Morgan fingerprint density at radius 2 is 2.00 bits per heavy atom. The molecule has 2 aromatic carbocycles. The number of anilines is 2. The Labute approximate surface area is 158 Å². The number of methoxy groups -OCH3 is 1. The molecule has 0 fully saturated rings. The molecule has 7 nitrogen and oxygen atoms in total. The highest BCUT2D eigenvalue weighted by Gasteiger charge is 2.26. The zero-order valence-electron chi connectivity index (χ0n) is 15.5. The molecule has 0 bridgehead atoms. The van der Waals surface area contributed by atoms with E-state index < -0.39 is 10.0 Å². The molecule has 3 rings (SSSR count). The van der Waals surface area contributed by atoms with Crippen molar-refractivity contribution in [3.8, 4) is 11.5 Å². The molecular weight excluding hydrogens is 368 g/mol. The molecular formula is C19H22N2O5S. The molecule has 1 N–H and O–H groups in total. The smallest absolute Gasteiger partial charge is 0.265 e. The average Bonchev–Trinajstić information content (AvgIpc) is 2.64. The second-order valence-corrected chi connectivity index (χ2v) is 7.93. The van der Waals surface area contributed by atoms with Crippen molar-refractivity contribution < 1.29 is 22.7 Å². The number of rotatable bonds is 6. The molecule has 1 amide bonds. The van der Waals surface area contributed by atoms with E-state index in [1.807, 2.05) is 13.8 Å². The number of hydrogen-bond donors (Lipinski definition) is 1. The number of aryl methyl sites for hydroxylation is 1. The average molecular weight is 390 g/mol. The maximum absolute atomic E-state index is 12.9.